The predicted molar refractivity (Wildman–Crippen MR) is 97.6 cm³/mol. The summed E-state index contributed by atoms with van der Waals surface area (Å²) < 4.78 is 4.49. The van der Waals surface area contributed by atoms with E-state index in [1.807, 2.05) is 18.2 Å². The van der Waals surface area contributed by atoms with Crippen molar-refractivity contribution < 1.29 is 14.3 Å². The largest absolute Gasteiger partial charge is 0.466 e. The standard InChI is InChI=1S/C16H11ClN4O3S/c1-24-14(22)7-13-15(23)20-16(25-13)21-19-8-9-2-3-12-10(6-9)11(17)4-5-18-12/h2-8H,1H3,(H,20,21,23)/b13-7+,19-8?. The van der Waals surface area contributed by atoms with Gasteiger partial charge in [0, 0.05) is 17.7 Å². The fourth-order valence-corrected chi connectivity index (χ4v) is 2.95. The number of benzene rings is 1. The summed E-state index contributed by atoms with van der Waals surface area (Å²) in [5, 5.41) is 12.1. The van der Waals surface area contributed by atoms with Gasteiger partial charge in [0.05, 0.1) is 28.8 Å². The number of hydrogen-bond acceptors (Lipinski definition) is 7. The van der Waals surface area contributed by atoms with Crippen molar-refractivity contribution in [2.75, 3.05) is 7.11 Å². The summed E-state index contributed by atoms with van der Waals surface area (Å²) in [6.45, 7) is 0. The third kappa shape index (κ3) is 4.04. The van der Waals surface area contributed by atoms with Crippen molar-refractivity contribution in [2.45, 2.75) is 0 Å². The number of hydrogen-bond donors (Lipinski definition) is 1. The number of amidine groups is 1. The molecule has 0 bridgehead atoms. The van der Waals surface area contributed by atoms with E-state index in [9.17, 15) is 9.59 Å². The minimum absolute atomic E-state index is 0.198. The van der Waals surface area contributed by atoms with E-state index in [0.717, 1.165) is 34.3 Å². The van der Waals surface area contributed by atoms with Crippen molar-refractivity contribution in [3.8, 4) is 0 Å². The van der Waals surface area contributed by atoms with Gasteiger partial charge in [-0.05, 0) is 35.5 Å². The van der Waals surface area contributed by atoms with Crippen molar-refractivity contribution in [3.05, 3.63) is 52.0 Å². The van der Waals surface area contributed by atoms with E-state index in [4.69, 9.17) is 11.6 Å². The Morgan fingerprint density at radius 1 is 1.40 bits per heavy atom. The van der Waals surface area contributed by atoms with Crippen LogP contribution >= 0.6 is 23.4 Å². The molecule has 0 unspecified atom stereocenters. The zero-order valence-electron chi connectivity index (χ0n) is 12.9. The SMILES string of the molecule is COC(=O)/C=C1/S/C(=N\N=Cc2ccc3nccc(Cl)c3c2)NC1=O. The fraction of sp³-hybridized carbons (Fsp3) is 0.0625. The third-order valence-electron chi connectivity index (χ3n) is 3.17. The molecule has 7 nitrogen and oxygen atoms in total. The molecule has 1 aromatic carbocycles. The lowest BCUT2D eigenvalue weighted by molar-refractivity contribution is -0.135. The molecule has 3 rings (SSSR count). The molecular weight excluding hydrogens is 364 g/mol. The molecule has 0 saturated carbocycles. The number of carbonyl (C=O) groups is 2. The highest BCUT2D eigenvalue weighted by Gasteiger charge is 2.24. The van der Waals surface area contributed by atoms with Gasteiger partial charge >= 0.3 is 5.97 Å². The maximum atomic E-state index is 11.7. The number of rotatable bonds is 3. The molecule has 25 heavy (non-hydrogen) atoms. The van der Waals surface area contributed by atoms with Gasteiger partial charge in [0.1, 0.15) is 0 Å². The van der Waals surface area contributed by atoms with E-state index >= 15 is 0 Å². The van der Waals surface area contributed by atoms with Crippen LogP contribution in [-0.2, 0) is 14.3 Å². The van der Waals surface area contributed by atoms with Crippen LogP contribution in [0.2, 0.25) is 5.02 Å². The summed E-state index contributed by atoms with van der Waals surface area (Å²) in [4.78, 5) is 27.3. The molecule has 1 N–H and O–H groups in total. The summed E-state index contributed by atoms with van der Waals surface area (Å²) in [5.41, 5.74) is 1.57. The molecule has 126 valence electrons. The van der Waals surface area contributed by atoms with Gasteiger partial charge in [-0.25, -0.2) is 4.79 Å². The molecule has 1 saturated heterocycles. The Kier molecular flexibility index (Phi) is 5.11. The minimum Gasteiger partial charge on any atom is -0.466 e. The normalized spacial score (nSPS) is 17.6. The second-order valence-electron chi connectivity index (χ2n) is 4.81. The van der Waals surface area contributed by atoms with Crippen LogP contribution in [0.1, 0.15) is 5.56 Å². The zero-order chi connectivity index (χ0) is 17.8. The van der Waals surface area contributed by atoms with Gasteiger partial charge in [0.25, 0.3) is 5.91 Å². The van der Waals surface area contributed by atoms with E-state index in [2.05, 4.69) is 25.2 Å². The highest BCUT2D eigenvalue weighted by atomic mass is 35.5. The van der Waals surface area contributed by atoms with Gasteiger partial charge in [0.2, 0.25) is 0 Å². The van der Waals surface area contributed by atoms with Crippen LogP contribution in [0.25, 0.3) is 10.9 Å². The Balaban J connectivity index is 1.76. The second-order valence-corrected chi connectivity index (χ2v) is 6.24. The monoisotopic (exact) mass is 374 g/mol. The van der Waals surface area contributed by atoms with Gasteiger partial charge < -0.3 is 4.74 Å². The number of fused-ring (bicyclic) bond motifs is 1. The summed E-state index contributed by atoms with van der Waals surface area (Å²) in [5.74, 6) is -1.03. The van der Waals surface area contributed by atoms with Crippen LogP contribution in [0.15, 0.2) is 51.6 Å². The summed E-state index contributed by atoms with van der Waals surface area (Å²) in [6, 6.07) is 7.22. The van der Waals surface area contributed by atoms with Crippen molar-refractivity contribution in [1.29, 1.82) is 0 Å². The first kappa shape index (κ1) is 17.1. The number of pyridine rings is 1. The Labute approximate surface area is 151 Å². The van der Waals surface area contributed by atoms with Crippen LogP contribution in [-0.4, -0.2) is 35.4 Å². The fourth-order valence-electron chi connectivity index (χ4n) is 2.00. The molecular formula is C16H11ClN4O3S. The number of carbonyl (C=O) groups excluding carboxylic acids is 2. The van der Waals surface area contributed by atoms with E-state index < -0.39 is 11.9 Å². The highest BCUT2D eigenvalue weighted by Crippen LogP contribution is 2.24. The van der Waals surface area contributed by atoms with Gasteiger partial charge in [0.15, 0.2) is 5.17 Å². The summed E-state index contributed by atoms with van der Waals surface area (Å²) in [7, 11) is 1.24. The Bertz CT molecular complexity index is 956. The van der Waals surface area contributed by atoms with Crippen LogP contribution in [0.4, 0.5) is 0 Å². The average molecular weight is 375 g/mol. The van der Waals surface area contributed by atoms with Crippen LogP contribution < -0.4 is 5.32 Å². The van der Waals surface area contributed by atoms with E-state index in [1.165, 1.54) is 13.3 Å². The molecule has 9 heteroatoms. The maximum absolute atomic E-state index is 11.7. The number of thioether (sulfide) groups is 1. The predicted octanol–water partition coefficient (Wildman–Crippen LogP) is 2.50. The Hall–Kier alpha value is -2.71. The van der Waals surface area contributed by atoms with Crippen LogP contribution in [0, 0.1) is 0 Å². The lowest BCUT2D eigenvalue weighted by Gasteiger charge is -2.00. The lowest BCUT2D eigenvalue weighted by atomic mass is 10.1. The first-order valence-corrected chi connectivity index (χ1v) is 8.20. The Morgan fingerprint density at radius 3 is 3.04 bits per heavy atom. The number of ether oxygens (including phenoxy) is 1. The van der Waals surface area contributed by atoms with E-state index in [-0.39, 0.29) is 10.1 Å². The highest BCUT2D eigenvalue weighted by molar-refractivity contribution is 8.18. The number of nitrogens with one attached hydrogen (secondary N) is 1. The molecule has 0 aliphatic carbocycles. The summed E-state index contributed by atoms with van der Waals surface area (Å²) in [6.07, 6.45) is 4.28. The summed E-state index contributed by atoms with van der Waals surface area (Å²) >= 11 is 7.15. The van der Waals surface area contributed by atoms with Crippen molar-refractivity contribution in [2.24, 2.45) is 10.2 Å². The Morgan fingerprint density at radius 2 is 2.24 bits per heavy atom. The number of halogens is 1. The average Bonchev–Trinajstić information content (AvgIpc) is 2.95. The molecule has 2 aromatic rings. The molecule has 1 aromatic heterocycles. The number of aromatic nitrogens is 1. The van der Waals surface area contributed by atoms with Crippen molar-refractivity contribution in [3.63, 3.8) is 0 Å². The molecule has 1 amide bonds. The van der Waals surface area contributed by atoms with Gasteiger partial charge in [-0.1, -0.05) is 17.7 Å². The van der Waals surface area contributed by atoms with Gasteiger partial charge in [-0.3, -0.25) is 15.1 Å². The minimum atomic E-state index is -0.607. The zero-order valence-corrected chi connectivity index (χ0v) is 14.5. The smallest absolute Gasteiger partial charge is 0.331 e. The van der Waals surface area contributed by atoms with E-state index in [1.54, 1.807) is 12.3 Å². The van der Waals surface area contributed by atoms with Crippen LogP contribution in [0.5, 0.6) is 0 Å². The topological polar surface area (TPSA) is 93.0 Å². The molecule has 1 aliphatic heterocycles. The first-order valence-electron chi connectivity index (χ1n) is 7.01. The van der Waals surface area contributed by atoms with Crippen LogP contribution in [0.3, 0.4) is 0 Å². The molecule has 2 heterocycles. The molecule has 0 spiro atoms. The second kappa shape index (κ2) is 7.45. The van der Waals surface area contributed by atoms with Gasteiger partial charge in [-0.15, -0.1) is 5.10 Å². The lowest BCUT2D eigenvalue weighted by Crippen LogP contribution is -2.19. The number of esters is 1. The maximum Gasteiger partial charge on any atom is 0.331 e. The molecule has 0 radical (unpaired) electrons. The first-order chi connectivity index (χ1) is 12.1. The van der Waals surface area contributed by atoms with Crippen molar-refractivity contribution >= 4 is 57.5 Å². The van der Waals surface area contributed by atoms with E-state index in [0.29, 0.717) is 5.02 Å². The number of methoxy groups -OCH3 is 1. The molecule has 0 atom stereocenters. The van der Waals surface area contributed by atoms with Gasteiger partial charge in [-0.2, -0.15) is 5.10 Å². The van der Waals surface area contributed by atoms with Crippen molar-refractivity contribution in [1.82, 2.24) is 10.3 Å². The molecule has 1 fully saturated rings. The number of amides is 1. The number of nitrogens with zero attached hydrogens (tertiary/aromatic N) is 3. The third-order valence-corrected chi connectivity index (χ3v) is 4.40. The molecule has 1 aliphatic rings. The quantitative estimate of drug-likeness (QED) is 0.385.